The second kappa shape index (κ2) is 7.79. The van der Waals surface area contributed by atoms with Gasteiger partial charge in [-0.2, -0.15) is 0 Å². The Labute approximate surface area is 127 Å². The highest BCUT2D eigenvalue weighted by Gasteiger charge is 2.13. The van der Waals surface area contributed by atoms with E-state index in [4.69, 9.17) is 4.74 Å². The van der Waals surface area contributed by atoms with Crippen molar-refractivity contribution in [3.05, 3.63) is 59.4 Å². The first-order valence-electron chi connectivity index (χ1n) is 7.52. The number of nitrogens with zero attached hydrogens (tertiary/aromatic N) is 1. The Morgan fingerprint density at radius 1 is 1.19 bits per heavy atom. The number of nitrogens with one attached hydrogen (secondary N) is 1. The van der Waals surface area contributed by atoms with Gasteiger partial charge in [-0.25, -0.2) is 0 Å². The SMILES string of the molecule is CCCNC(Cc1cccc(OC)c1)c1cccc(C)n1. The first kappa shape index (κ1) is 15.5. The first-order chi connectivity index (χ1) is 10.2. The van der Waals surface area contributed by atoms with Crippen LogP contribution in [0.15, 0.2) is 42.5 Å². The van der Waals surface area contributed by atoms with Crippen molar-refractivity contribution in [3.63, 3.8) is 0 Å². The monoisotopic (exact) mass is 284 g/mol. The molecule has 112 valence electrons. The molecule has 0 aliphatic carbocycles. The minimum absolute atomic E-state index is 0.233. The summed E-state index contributed by atoms with van der Waals surface area (Å²) in [6, 6.07) is 14.7. The normalized spacial score (nSPS) is 12.1. The van der Waals surface area contributed by atoms with Crippen molar-refractivity contribution in [1.29, 1.82) is 0 Å². The molecule has 1 N–H and O–H groups in total. The van der Waals surface area contributed by atoms with Gasteiger partial charge in [0.2, 0.25) is 0 Å². The molecule has 0 saturated carbocycles. The van der Waals surface area contributed by atoms with Crippen molar-refractivity contribution in [3.8, 4) is 5.75 Å². The van der Waals surface area contributed by atoms with E-state index < -0.39 is 0 Å². The standard InChI is InChI=1S/C18H24N2O/c1-4-11-19-18(17-10-5-7-14(2)20-17)13-15-8-6-9-16(12-15)21-3/h5-10,12,18-19H,4,11,13H2,1-3H3. The van der Waals surface area contributed by atoms with E-state index in [1.807, 2.05) is 25.1 Å². The van der Waals surface area contributed by atoms with Gasteiger partial charge >= 0.3 is 0 Å². The number of ether oxygens (including phenoxy) is 1. The number of aryl methyl sites for hydroxylation is 1. The smallest absolute Gasteiger partial charge is 0.119 e. The number of aromatic nitrogens is 1. The molecule has 2 aromatic rings. The quantitative estimate of drug-likeness (QED) is 0.842. The minimum atomic E-state index is 0.233. The summed E-state index contributed by atoms with van der Waals surface area (Å²) in [5.41, 5.74) is 3.42. The molecule has 21 heavy (non-hydrogen) atoms. The maximum atomic E-state index is 5.31. The summed E-state index contributed by atoms with van der Waals surface area (Å²) >= 11 is 0. The third kappa shape index (κ3) is 4.57. The summed E-state index contributed by atoms with van der Waals surface area (Å²) in [5, 5.41) is 3.60. The van der Waals surface area contributed by atoms with Gasteiger partial charge in [-0.05, 0) is 56.1 Å². The molecule has 2 rings (SSSR count). The highest BCUT2D eigenvalue weighted by molar-refractivity contribution is 5.30. The molecule has 1 aromatic carbocycles. The Bertz CT molecular complexity index is 569. The van der Waals surface area contributed by atoms with Gasteiger partial charge in [0.15, 0.2) is 0 Å². The fourth-order valence-corrected chi connectivity index (χ4v) is 2.39. The van der Waals surface area contributed by atoms with Crippen LogP contribution >= 0.6 is 0 Å². The summed E-state index contributed by atoms with van der Waals surface area (Å²) in [7, 11) is 1.70. The van der Waals surface area contributed by atoms with E-state index in [1.165, 1.54) is 5.56 Å². The zero-order valence-corrected chi connectivity index (χ0v) is 13.1. The largest absolute Gasteiger partial charge is 0.497 e. The summed E-state index contributed by atoms with van der Waals surface area (Å²) < 4.78 is 5.31. The third-order valence-electron chi connectivity index (χ3n) is 3.48. The second-order valence-electron chi connectivity index (χ2n) is 5.27. The summed E-state index contributed by atoms with van der Waals surface area (Å²) in [4.78, 5) is 4.67. The highest BCUT2D eigenvalue weighted by atomic mass is 16.5. The minimum Gasteiger partial charge on any atom is -0.497 e. The van der Waals surface area contributed by atoms with E-state index in [2.05, 4.69) is 41.5 Å². The third-order valence-corrected chi connectivity index (χ3v) is 3.48. The summed E-state index contributed by atoms with van der Waals surface area (Å²) in [6.45, 7) is 5.20. The van der Waals surface area contributed by atoms with Gasteiger partial charge in [-0.1, -0.05) is 25.1 Å². The van der Waals surface area contributed by atoms with Crippen molar-refractivity contribution in [2.24, 2.45) is 0 Å². The fraction of sp³-hybridized carbons (Fsp3) is 0.389. The Morgan fingerprint density at radius 3 is 2.71 bits per heavy atom. The number of rotatable bonds is 7. The maximum Gasteiger partial charge on any atom is 0.119 e. The first-order valence-corrected chi connectivity index (χ1v) is 7.52. The topological polar surface area (TPSA) is 34.1 Å². The molecule has 0 saturated heterocycles. The molecule has 0 amide bonds. The predicted molar refractivity (Wildman–Crippen MR) is 86.7 cm³/mol. The molecule has 1 aromatic heterocycles. The zero-order chi connectivity index (χ0) is 15.1. The van der Waals surface area contributed by atoms with Crippen LogP contribution in [0.3, 0.4) is 0 Å². The number of pyridine rings is 1. The molecule has 0 spiro atoms. The Kier molecular flexibility index (Phi) is 5.76. The van der Waals surface area contributed by atoms with Crippen molar-refractivity contribution in [2.75, 3.05) is 13.7 Å². The molecule has 0 radical (unpaired) electrons. The van der Waals surface area contributed by atoms with Crippen LogP contribution in [0.25, 0.3) is 0 Å². The lowest BCUT2D eigenvalue weighted by Crippen LogP contribution is -2.25. The van der Waals surface area contributed by atoms with Gasteiger partial charge in [0, 0.05) is 5.69 Å². The average molecular weight is 284 g/mol. The van der Waals surface area contributed by atoms with Crippen molar-refractivity contribution < 1.29 is 4.74 Å². The van der Waals surface area contributed by atoms with Crippen LogP contribution < -0.4 is 10.1 Å². The lowest BCUT2D eigenvalue weighted by Gasteiger charge is -2.19. The lowest BCUT2D eigenvalue weighted by molar-refractivity contribution is 0.413. The van der Waals surface area contributed by atoms with E-state index in [0.717, 1.165) is 36.5 Å². The van der Waals surface area contributed by atoms with E-state index >= 15 is 0 Å². The molecule has 3 nitrogen and oxygen atoms in total. The Balaban J connectivity index is 2.19. The fourth-order valence-electron chi connectivity index (χ4n) is 2.39. The molecule has 0 aliphatic rings. The van der Waals surface area contributed by atoms with Gasteiger partial charge in [-0.15, -0.1) is 0 Å². The number of benzene rings is 1. The summed E-state index contributed by atoms with van der Waals surface area (Å²) in [6.07, 6.45) is 2.02. The molecular weight excluding hydrogens is 260 g/mol. The van der Waals surface area contributed by atoms with Gasteiger partial charge in [0.1, 0.15) is 5.75 Å². The van der Waals surface area contributed by atoms with Crippen LogP contribution in [0.2, 0.25) is 0 Å². The molecule has 1 atom stereocenters. The van der Waals surface area contributed by atoms with Crippen LogP contribution in [0, 0.1) is 6.92 Å². The Hall–Kier alpha value is -1.87. The number of methoxy groups -OCH3 is 1. The molecule has 1 heterocycles. The van der Waals surface area contributed by atoms with Gasteiger partial charge in [-0.3, -0.25) is 4.98 Å². The van der Waals surface area contributed by atoms with Gasteiger partial charge < -0.3 is 10.1 Å². The van der Waals surface area contributed by atoms with Crippen molar-refractivity contribution >= 4 is 0 Å². The van der Waals surface area contributed by atoms with E-state index in [9.17, 15) is 0 Å². The Morgan fingerprint density at radius 2 is 2.00 bits per heavy atom. The van der Waals surface area contributed by atoms with Crippen LogP contribution in [0.1, 0.15) is 36.3 Å². The van der Waals surface area contributed by atoms with Crippen molar-refractivity contribution in [1.82, 2.24) is 10.3 Å². The van der Waals surface area contributed by atoms with Gasteiger partial charge in [0.05, 0.1) is 18.8 Å². The number of hydrogen-bond donors (Lipinski definition) is 1. The van der Waals surface area contributed by atoms with Crippen LogP contribution in [0.5, 0.6) is 5.75 Å². The van der Waals surface area contributed by atoms with E-state index in [1.54, 1.807) is 7.11 Å². The lowest BCUT2D eigenvalue weighted by atomic mass is 10.0. The van der Waals surface area contributed by atoms with Crippen LogP contribution in [0.4, 0.5) is 0 Å². The van der Waals surface area contributed by atoms with Crippen LogP contribution in [-0.4, -0.2) is 18.6 Å². The molecular formula is C18H24N2O. The molecule has 0 aliphatic heterocycles. The van der Waals surface area contributed by atoms with E-state index in [-0.39, 0.29) is 6.04 Å². The molecule has 3 heteroatoms. The second-order valence-corrected chi connectivity index (χ2v) is 5.27. The average Bonchev–Trinajstić information content (AvgIpc) is 2.51. The molecule has 0 fully saturated rings. The van der Waals surface area contributed by atoms with Crippen LogP contribution in [-0.2, 0) is 6.42 Å². The van der Waals surface area contributed by atoms with E-state index in [0.29, 0.717) is 0 Å². The highest BCUT2D eigenvalue weighted by Crippen LogP contribution is 2.20. The predicted octanol–water partition coefficient (Wildman–Crippen LogP) is 3.68. The maximum absolute atomic E-state index is 5.31. The zero-order valence-electron chi connectivity index (χ0n) is 13.1. The molecule has 1 unspecified atom stereocenters. The van der Waals surface area contributed by atoms with Crippen molar-refractivity contribution in [2.45, 2.75) is 32.7 Å². The van der Waals surface area contributed by atoms with Gasteiger partial charge in [0.25, 0.3) is 0 Å². The number of hydrogen-bond acceptors (Lipinski definition) is 3. The summed E-state index contributed by atoms with van der Waals surface area (Å²) in [5.74, 6) is 0.902. The molecule has 0 bridgehead atoms.